The predicted molar refractivity (Wildman–Crippen MR) is 71.7 cm³/mol. The average molecular weight is 257 g/mol. The van der Waals surface area contributed by atoms with Crippen molar-refractivity contribution in [3.8, 4) is 0 Å². The number of aliphatic carboxylic acids is 1. The van der Waals surface area contributed by atoms with E-state index in [-0.39, 0.29) is 0 Å². The fourth-order valence-electron chi connectivity index (χ4n) is 1.89. The molecule has 1 aliphatic rings. The van der Waals surface area contributed by atoms with E-state index in [0.717, 1.165) is 44.9 Å². The molecule has 1 rings (SSSR count). The highest BCUT2D eigenvalue weighted by molar-refractivity contribution is 5.78. The SMILES string of the molecule is CCCNC(C)(CCCCOCC1CC1)C(=O)O. The van der Waals surface area contributed by atoms with Gasteiger partial charge in [-0.05, 0) is 57.9 Å². The summed E-state index contributed by atoms with van der Waals surface area (Å²) >= 11 is 0. The van der Waals surface area contributed by atoms with Crippen molar-refractivity contribution < 1.29 is 14.6 Å². The lowest BCUT2D eigenvalue weighted by Gasteiger charge is -2.26. The van der Waals surface area contributed by atoms with Crippen LogP contribution in [0.25, 0.3) is 0 Å². The Bertz CT molecular complexity index is 253. The molecule has 2 N–H and O–H groups in total. The van der Waals surface area contributed by atoms with E-state index < -0.39 is 11.5 Å². The Morgan fingerprint density at radius 2 is 2.17 bits per heavy atom. The summed E-state index contributed by atoms with van der Waals surface area (Å²) in [6.45, 7) is 6.22. The summed E-state index contributed by atoms with van der Waals surface area (Å²) in [5.74, 6) is 0.0513. The zero-order valence-corrected chi connectivity index (χ0v) is 11.7. The van der Waals surface area contributed by atoms with Crippen molar-refractivity contribution >= 4 is 5.97 Å². The standard InChI is InChI=1S/C14H27NO3/c1-3-9-15-14(2,13(16)17)8-4-5-10-18-11-12-6-7-12/h12,15H,3-11H2,1-2H3,(H,16,17). The largest absolute Gasteiger partial charge is 0.480 e. The molecule has 4 nitrogen and oxygen atoms in total. The maximum absolute atomic E-state index is 11.3. The van der Waals surface area contributed by atoms with Gasteiger partial charge in [-0.15, -0.1) is 0 Å². The van der Waals surface area contributed by atoms with Crippen LogP contribution < -0.4 is 5.32 Å². The molecular formula is C14H27NO3. The van der Waals surface area contributed by atoms with Gasteiger partial charge >= 0.3 is 5.97 Å². The molecule has 0 amide bonds. The first-order valence-electron chi connectivity index (χ1n) is 7.14. The van der Waals surface area contributed by atoms with E-state index in [1.807, 2.05) is 6.92 Å². The van der Waals surface area contributed by atoms with Crippen LogP contribution in [0.3, 0.4) is 0 Å². The van der Waals surface area contributed by atoms with E-state index in [1.54, 1.807) is 6.92 Å². The molecule has 1 atom stereocenters. The Labute approximate surface area is 110 Å². The lowest BCUT2D eigenvalue weighted by Crippen LogP contribution is -2.49. The van der Waals surface area contributed by atoms with Gasteiger partial charge in [0, 0.05) is 13.2 Å². The van der Waals surface area contributed by atoms with Crippen LogP contribution in [0.15, 0.2) is 0 Å². The van der Waals surface area contributed by atoms with Crippen molar-refractivity contribution in [1.29, 1.82) is 0 Å². The molecule has 0 bridgehead atoms. The molecule has 0 aromatic carbocycles. The molecule has 0 saturated heterocycles. The highest BCUT2D eigenvalue weighted by atomic mass is 16.5. The Hall–Kier alpha value is -0.610. The Balaban J connectivity index is 2.09. The predicted octanol–water partition coefficient (Wildman–Crippen LogP) is 2.43. The van der Waals surface area contributed by atoms with Crippen LogP contribution in [0, 0.1) is 5.92 Å². The Morgan fingerprint density at radius 3 is 2.72 bits per heavy atom. The maximum Gasteiger partial charge on any atom is 0.323 e. The van der Waals surface area contributed by atoms with E-state index in [0.29, 0.717) is 6.42 Å². The fourth-order valence-corrected chi connectivity index (χ4v) is 1.89. The van der Waals surface area contributed by atoms with Gasteiger partial charge in [0.05, 0.1) is 0 Å². The second kappa shape index (κ2) is 7.74. The number of hydrogen-bond donors (Lipinski definition) is 2. The third-order valence-corrected chi connectivity index (χ3v) is 3.50. The van der Waals surface area contributed by atoms with Crippen LogP contribution >= 0.6 is 0 Å². The third kappa shape index (κ3) is 5.83. The van der Waals surface area contributed by atoms with Gasteiger partial charge in [0.2, 0.25) is 0 Å². The highest BCUT2D eigenvalue weighted by Crippen LogP contribution is 2.28. The monoisotopic (exact) mass is 257 g/mol. The summed E-state index contributed by atoms with van der Waals surface area (Å²) in [5.41, 5.74) is -0.785. The third-order valence-electron chi connectivity index (χ3n) is 3.50. The van der Waals surface area contributed by atoms with Crippen LogP contribution in [0.4, 0.5) is 0 Å². The van der Waals surface area contributed by atoms with Crippen LogP contribution in [-0.2, 0) is 9.53 Å². The maximum atomic E-state index is 11.3. The first-order valence-corrected chi connectivity index (χ1v) is 7.14. The van der Waals surface area contributed by atoms with E-state index in [9.17, 15) is 9.90 Å². The molecule has 18 heavy (non-hydrogen) atoms. The second-order valence-electron chi connectivity index (χ2n) is 5.54. The number of rotatable bonds is 11. The molecule has 0 aromatic heterocycles. The number of unbranched alkanes of at least 4 members (excludes halogenated alkanes) is 1. The zero-order valence-electron chi connectivity index (χ0n) is 11.7. The Kier molecular flexibility index (Phi) is 6.65. The molecule has 0 radical (unpaired) electrons. The molecule has 1 fully saturated rings. The van der Waals surface area contributed by atoms with E-state index in [2.05, 4.69) is 5.32 Å². The van der Waals surface area contributed by atoms with E-state index >= 15 is 0 Å². The molecule has 1 aliphatic carbocycles. The number of ether oxygens (including phenoxy) is 1. The van der Waals surface area contributed by atoms with E-state index in [4.69, 9.17) is 4.74 Å². The summed E-state index contributed by atoms with van der Waals surface area (Å²) in [5, 5.41) is 12.4. The van der Waals surface area contributed by atoms with Crippen molar-refractivity contribution in [2.45, 2.75) is 57.9 Å². The van der Waals surface area contributed by atoms with Crippen LogP contribution in [0.1, 0.15) is 52.4 Å². The summed E-state index contributed by atoms with van der Waals surface area (Å²) in [7, 11) is 0. The van der Waals surface area contributed by atoms with Crippen molar-refractivity contribution in [2.75, 3.05) is 19.8 Å². The van der Waals surface area contributed by atoms with E-state index in [1.165, 1.54) is 12.8 Å². The fraction of sp³-hybridized carbons (Fsp3) is 0.929. The van der Waals surface area contributed by atoms with Crippen molar-refractivity contribution in [1.82, 2.24) is 5.32 Å². The van der Waals surface area contributed by atoms with Crippen LogP contribution in [0.2, 0.25) is 0 Å². The minimum absolute atomic E-state index is 0.662. The molecule has 1 unspecified atom stereocenters. The minimum atomic E-state index is -0.785. The summed E-state index contributed by atoms with van der Waals surface area (Å²) < 4.78 is 5.55. The zero-order chi connectivity index (χ0) is 13.4. The van der Waals surface area contributed by atoms with Crippen molar-refractivity contribution in [3.05, 3.63) is 0 Å². The van der Waals surface area contributed by atoms with Crippen LogP contribution in [0.5, 0.6) is 0 Å². The molecule has 0 aromatic rings. The summed E-state index contributed by atoms with van der Waals surface area (Å²) in [4.78, 5) is 11.3. The van der Waals surface area contributed by atoms with Gasteiger partial charge in [-0.3, -0.25) is 4.79 Å². The molecule has 0 aliphatic heterocycles. The van der Waals surface area contributed by atoms with Gasteiger partial charge in [0.15, 0.2) is 0 Å². The number of carboxylic acid groups (broad SMARTS) is 1. The first kappa shape index (κ1) is 15.4. The second-order valence-corrected chi connectivity index (χ2v) is 5.54. The summed E-state index contributed by atoms with van der Waals surface area (Å²) in [6.07, 6.45) is 6.09. The first-order chi connectivity index (χ1) is 8.58. The van der Waals surface area contributed by atoms with Crippen molar-refractivity contribution in [2.24, 2.45) is 5.92 Å². The number of carboxylic acids is 1. The number of nitrogens with one attached hydrogen (secondary N) is 1. The topological polar surface area (TPSA) is 58.6 Å². The molecular weight excluding hydrogens is 230 g/mol. The van der Waals surface area contributed by atoms with Gasteiger partial charge in [0.1, 0.15) is 5.54 Å². The smallest absolute Gasteiger partial charge is 0.323 e. The molecule has 1 saturated carbocycles. The molecule has 0 heterocycles. The highest BCUT2D eigenvalue weighted by Gasteiger charge is 2.31. The normalized spacial score (nSPS) is 18.6. The average Bonchev–Trinajstić information content (AvgIpc) is 3.14. The van der Waals surface area contributed by atoms with Gasteiger partial charge in [-0.1, -0.05) is 6.92 Å². The number of carbonyl (C=O) groups is 1. The van der Waals surface area contributed by atoms with Gasteiger partial charge in [0.25, 0.3) is 0 Å². The van der Waals surface area contributed by atoms with Gasteiger partial charge in [-0.2, -0.15) is 0 Å². The molecule has 106 valence electrons. The lowest BCUT2D eigenvalue weighted by molar-refractivity contribution is -0.144. The summed E-state index contributed by atoms with van der Waals surface area (Å²) in [6, 6.07) is 0. The molecule has 0 spiro atoms. The number of hydrogen-bond acceptors (Lipinski definition) is 3. The quantitative estimate of drug-likeness (QED) is 0.558. The van der Waals surface area contributed by atoms with Crippen molar-refractivity contribution in [3.63, 3.8) is 0 Å². The van der Waals surface area contributed by atoms with Gasteiger partial charge in [-0.25, -0.2) is 0 Å². The van der Waals surface area contributed by atoms with Crippen LogP contribution in [-0.4, -0.2) is 36.4 Å². The minimum Gasteiger partial charge on any atom is -0.480 e. The van der Waals surface area contributed by atoms with Gasteiger partial charge < -0.3 is 15.2 Å². The molecule has 4 heteroatoms. The lowest BCUT2D eigenvalue weighted by atomic mass is 9.95. The Morgan fingerprint density at radius 1 is 1.44 bits per heavy atom.